The first-order chi connectivity index (χ1) is 13.4. The smallest absolute Gasteiger partial charge is 0.343 e. The molecule has 1 saturated heterocycles. The van der Waals surface area contributed by atoms with Gasteiger partial charge >= 0.3 is 5.97 Å². The van der Waals surface area contributed by atoms with Crippen molar-refractivity contribution in [3.8, 4) is 5.75 Å². The number of methoxy groups -OCH3 is 1. The van der Waals surface area contributed by atoms with Crippen molar-refractivity contribution in [1.82, 2.24) is 0 Å². The highest BCUT2D eigenvalue weighted by Gasteiger charge is 2.22. The standard InChI is InChI=1S/C19H20N2O6S/c1-26-19(23)13-27-16-5-2-4-14(12-16)20-28(24,25)17-9-7-15(8-10-17)21-11-3-6-18(21)22/h2,4-5,7-10,12,20H,3,6,11,13H2,1H3. The van der Waals surface area contributed by atoms with Crippen LogP contribution in [-0.4, -0.2) is 40.6 Å². The highest BCUT2D eigenvalue weighted by atomic mass is 32.2. The molecule has 9 heteroatoms. The fourth-order valence-electron chi connectivity index (χ4n) is 2.79. The SMILES string of the molecule is COC(=O)COc1cccc(NS(=O)(=O)c2ccc(N3CCCC3=O)cc2)c1. The summed E-state index contributed by atoms with van der Waals surface area (Å²) in [6.45, 7) is 0.366. The van der Waals surface area contributed by atoms with Crippen molar-refractivity contribution >= 4 is 33.3 Å². The van der Waals surface area contributed by atoms with E-state index in [1.807, 2.05) is 0 Å². The third-order valence-corrected chi connectivity index (χ3v) is 5.60. The minimum absolute atomic E-state index is 0.0394. The molecule has 0 aromatic heterocycles. The van der Waals surface area contributed by atoms with Crippen LogP contribution >= 0.6 is 0 Å². The van der Waals surface area contributed by atoms with Gasteiger partial charge in [-0.1, -0.05) is 6.07 Å². The molecule has 3 rings (SSSR count). The van der Waals surface area contributed by atoms with Crippen molar-refractivity contribution < 1.29 is 27.5 Å². The highest BCUT2D eigenvalue weighted by Crippen LogP contribution is 2.25. The molecule has 1 aliphatic rings. The monoisotopic (exact) mass is 404 g/mol. The largest absolute Gasteiger partial charge is 0.482 e. The van der Waals surface area contributed by atoms with Crippen LogP contribution in [0.3, 0.4) is 0 Å². The Kier molecular flexibility index (Phi) is 5.84. The average molecular weight is 404 g/mol. The number of sulfonamides is 1. The lowest BCUT2D eigenvalue weighted by Gasteiger charge is -2.16. The summed E-state index contributed by atoms with van der Waals surface area (Å²) in [4.78, 5) is 24.7. The predicted molar refractivity (Wildman–Crippen MR) is 103 cm³/mol. The lowest BCUT2D eigenvalue weighted by molar-refractivity contribution is -0.142. The number of hydrogen-bond donors (Lipinski definition) is 1. The van der Waals surface area contributed by atoms with Gasteiger partial charge < -0.3 is 14.4 Å². The Morgan fingerprint density at radius 2 is 1.93 bits per heavy atom. The Bertz CT molecular complexity index is 972. The molecular weight excluding hydrogens is 384 g/mol. The first-order valence-corrected chi connectivity index (χ1v) is 10.1. The summed E-state index contributed by atoms with van der Waals surface area (Å²) in [5, 5.41) is 0. The highest BCUT2D eigenvalue weighted by molar-refractivity contribution is 7.92. The molecule has 1 aliphatic heterocycles. The van der Waals surface area contributed by atoms with Crippen LogP contribution in [0.5, 0.6) is 5.75 Å². The minimum Gasteiger partial charge on any atom is -0.482 e. The van der Waals surface area contributed by atoms with Gasteiger partial charge in [-0.15, -0.1) is 0 Å². The summed E-state index contributed by atoms with van der Waals surface area (Å²) >= 11 is 0. The Balaban J connectivity index is 1.71. The second-order valence-corrected chi connectivity index (χ2v) is 7.82. The Morgan fingerprint density at radius 3 is 2.57 bits per heavy atom. The number of anilines is 2. The van der Waals surface area contributed by atoms with E-state index in [1.54, 1.807) is 35.2 Å². The van der Waals surface area contributed by atoms with Crippen molar-refractivity contribution in [1.29, 1.82) is 0 Å². The number of nitrogens with one attached hydrogen (secondary N) is 1. The number of ether oxygens (including phenoxy) is 2. The van der Waals surface area contributed by atoms with Gasteiger partial charge in [-0.05, 0) is 42.8 Å². The molecule has 28 heavy (non-hydrogen) atoms. The quantitative estimate of drug-likeness (QED) is 0.710. The van der Waals surface area contributed by atoms with Gasteiger partial charge in [0.05, 0.1) is 17.7 Å². The summed E-state index contributed by atoms with van der Waals surface area (Å²) in [6, 6.07) is 12.4. The van der Waals surface area contributed by atoms with E-state index in [4.69, 9.17) is 4.74 Å². The van der Waals surface area contributed by atoms with Crippen LogP contribution in [0.25, 0.3) is 0 Å². The summed E-state index contributed by atoms with van der Waals surface area (Å²) in [7, 11) is -2.57. The Morgan fingerprint density at radius 1 is 1.18 bits per heavy atom. The van der Waals surface area contributed by atoms with E-state index < -0.39 is 16.0 Å². The molecule has 0 spiro atoms. The zero-order chi connectivity index (χ0) is 20.1. The fraction of sp³-hybridized carbons (Fsp3) is 0.263. The van der Waals surface area contributed by atoms with Crippen LogP contribution in [0.15, 0.2) is 53.4 Å². The van der Waals surface area contributed by atoms with E-state index in [0.717, 1.165) is 6.42 Å². The maximum atomic E-state index is 12.6. The van der Waals surface area contributed by atoms with Crippen LogP contribution in [-0.2, 0) is 24.3 Å². The first-order valence-electron chi connectivity index (χ1n) is 8.62. The average Bonchev–Trinajstić information content (AvgIpc) is 3.12. The second kappa shape index (κ2) is 8.30. The van der Waals surface area contributed by atoms with Gasteiger partial charge in [-0.25, -0.2) is 13.2 Å². The van der Waals surface area contributed by atoms with Crippen LogP contribution in [0.4, 0.5) is 11.4 Å². The van der Waals surface area contributed by atoms with E-state index in [1.165, 1.54) is 25.3 Å². The summed E-state index contributed by atoms with van der Waals surface area (Å²) < 4.78 is 37.5. The molecule has 2 aromatic carbocycles. The van der Waals surface area contributed by atoms with Gasteiger partial charge in [0.25, 0.3) is 10.0 Å². The number of hydrogen-bond acceptors (Lipinski definition) is 6. The summed E-state index contributed by atoms with van der Waals surface area (Å²) in [5.74, 6) is -0.173. The van der Waals surface area contributed by atoms with Crippen molar-refractivity contribution in [3.63, 3.8) is 0 Å². The number of carbonyl (C=O) groups is 2. The minimum atomic E-state index is -3.82. The van der Waals surface area contributed by atoms with Gasteiger partial charge in [0.2, 0.25) is 5.91 Å². The number of esters is 1. The summed E-state index contributed by atoms with van der Waals surface area (Å²) in [5.41, 5.74) is 0.973. The predicted octanol–water partition coefficient (Wildman–Crippen LogP) is 2.17. The molecule has 8 nitrogen and oxygen atoms in total. The lowest BCUT2D eigenvalue weighted by Crippen LogP contribution is -2.23. The molecule has 2 aromatic rings. The maximum Gasteiger partial charge on any atom is 0.343 e. The Labute approximate surface area is 163 Å². The van der Waals surface area contributed by atoms with Crippen LogP contribution in [0, 0.1) is 0 Å². The first kappa shape index (κ1) is 19.7. The summed E-state index contributed by atoms with van der Waals surface area (Å²) in [6.07, 6.45) is 1.31. The van der Waals surface area contributed by atoms with Crippen LogP contribution in [0.2, 0.25) is 0 Å². The topological polar surface area (TPSA) is 102 Å². The molecule has 0 radical (unpaired) electrons. The fourth-order valence-corrected chi connectivity index (χ4v) is 3.84. The maximum absolute atomic E-state index is 12.6. The van der Waals surface area contributed by atoms with Crippen LogP contribution < -0.4 is 14.4 Å². The van der Waals surface area contributed by atoms with Gasteiger partial charge in [-0.2, -0.15) is 0 Å². The molecule has 0 bridgehead atoms. The number of amides is 1. The van der Waals surface area contributed by atoms with Crippen molar-refractivity contribution in [2.24, 2.45) is 0 Å². The molecule has 1 N–H and O–H groups in total. The molecule has 0 aliphatic carbocycles. The lowest BCUT2D eigenvalue weighted by atomic mass is 10.3. The number of benzene rings is 2. The molecule has 0 atom stereocenters. The second-order valence-electron chi connectivity index (χ2n) is 6.14. The van der Waals surface area contributed by atoms with Crippen molar-refractivity contribution in [2.75, 3.05) is 29.9 Å². The van der Waals surface area contributed by atoms with Crippen molar-refractivity contribution in [3.05, 3.63) is 48.5 Å². The molecule has 1 heterocycles. The third kappa shape index (κ3) is 4.61. The zero-order valence-corrected chi connectivity index (χ0v) is 16.1. The zero-order valence-electron chi connectivity index (χ0n) is 15.3. The molecule has 1 fully saturated rings. The van der Waals surface area contributed by atoms with E-state index in [9.17, 15) is 18.0 Å². The number of rotatable bonds is 7. The number of carbonyl (C=O) groups excluding carboxylic acids is 2. The van der Waals surface area contributed by atoms with Gasteiger partial charge in [0, 0.05) is 24.7 Å². The van der Waals surface area contributed by atoms with Crippen LogP contribution in [0.1, 0.15) is 12.8 Å². The molecule has 0 unspecified atom stereocenters. The van der Waals surface area contributed by atoms with Crippen molar-refractivity contribution in [2.45, 2.75) is 17.7 Å². The van der Waals surface area contributed by atoms with Gasteiger partial charge in [0.15, 0.2) is 6.61 Å². The molecule has 148 valence electrons. The molecular formula is C19H20N2O6S. The third-order valence-electron chi connectivity index (χ3n) is 4.20. The normalized spacial score (nSPS) is 14.0. The van der Waals surface area contributed by atoms with Gasteiger partial charge in [0.1, 0.15) is 5.75 Å². The van der Waals surface area contributed by atoms with E-state index in [2.05, 4.69) is 9.46 Å². The van der Waals surface area contributed by atoms with Gasteiger partial charge in [-0.3, -0.25) is 9.52 Å². The molecule has 0 saturated carbocycles. The molecule has 1 amide bonds. The van der Waals surface area contributed by atoms with E-state index in [-0.39, 0.29) is 17.4 Å². The van der Waals surface area contributed by atoms with E-state index >= 15 is 0 Å². The Hall–Kier alpha value is -3.07. The van der Waals surface area contributed by atoms with E-state index in [0.29, 0.717) is 30.1 Å². The number of nitrogens with zero attached hydrogens (tertiary/aromatic N) is 1.